The van der Waals surface area contributed by atoms with Gasteiger partial charge in [-0.05, 0) is 33.2 Å². The Labute approximate surface area is 122 Å². The van der Waals surface area contributed by atoms with E-state index in [1.807, 2.05) is 6.92 Å². The van der Waals surface area contributed by atoms with E-state index < -0.39 is 5.60 Å². The van der Waals surface area contributed by atoms with Crippen LogP contribution in [0, 0.1) is 0 Å². The van der Waals surface area contributed by atoms with E-state index in [1.165, 1.54) is 0 Å². The zero-order valence-electron chi connectivity index (χ0n) is 13.7. The topological polar surface area (TPSA) is 60.2 Å². The Balaban J connectivity index is 2.94. The first-order valence-corrected chi connectivity index (χ1v) is 7.75. The average molecular weight is 283 g/mol. The monoisotopic (exact) mass is 283 g/mol. The number of nitrogens with one attached hydrogen (secondary N) is 1. The summed E-state index contributed by atoms with van der Waals surface area (Å²) in [6.07, 6.45) is 1.68. The average Bonchev–Trinajstić information content (AvgIpc) is 2.94. The molecule has 0 aliphatic heterocycles. The van der Waals surface area contributed by atoms with Crippen LogP contribution in [0.15, 0.2) is 4.52 Å². The molecule has 5 heteroatoms. The van der Waals surface area contributed by atoms with Crippen LogP contribution in [-0.4, -0.2) is 29.3 Å². The van der Waals surface area contributed by atoms with Crippen molar-refractivity contribution < 1.29 is 9.26 Å². The number of aromatic nitrogens is 2. The molecule has 2 unspecified atom stereocenters. The standard InChI is InChI=1S/C15H29N3O2/c1-7-15(8-2,19-10-4)14-17-13(20-18-14)11(5)12(6)16-9-3/h11-12,16H,7-10H2,1-6H3. The van der Waals surface area contributed by atoms with Gasteiger partial charge in [0.25, 0.3) is 0 Å². The molecule has 1 N–H and O–H groups in total. The number of hydrogen-bond acceptors (Lipinski definition) is 5. The molecule has 2 atom stereocenters. The Hall–Kier alpha value is -0.940. The molecule has 0 spiro atoms. The molecule has 0 amide bonds. The van der Waals surface area contributed by atoms with E-state index in [1.54, 1.807) is 0 Å². The summed E-state index contributed by atoms with van der Waals surface area (Å²) in [5.74, 6) is 1.54. The minimum atomic E-state index is -0.419. The molecule has 116 valence electrons. The van der Waals surface area contributed by atoms with E-state index >= 15 is 0 Å². The maximum atomic E-state index is 5.91. The quantitative estimate of drug-likeness (QED) is 0.754. The second kappa shape index (κ2) is 7.74. The highest BCUT2D eigenvalue weighted by Gasteiger charge is 2.35. The van der Waals surface area contributed by atoms with Gasteiger partial charge >= 0.3 is 0 Å². The molecule has 1 heterocycles. The minimum Gasteiger partial charge on any atom is -0.367 e. The highest BCUT2D eigenvalue weighted by molar-refractivity contribution is 5.04. The lowest BCUT2D eigenvalue weighted by molar-refractivity contribution is -0.0583. The molecular formula is C15H29N3O2. The zero-order valence-corrected chi connectivity index (χ0v) is 13.7. The Morgan fingerprint density at radius 3 is 2.35 bits per heavy atom. The number of likely N-dealkylation sites (N-methyl/N-ethyl adjacent to an activating group) is 1. The van der Waals surface area contributed by atoms with E-state index in [0.29, 0.717) is 24.4 Å². The van der Waals surface area contributed by atoms with Crippen molar-refractivity contribution in [1.82, 2.24) is 15.5 Å². The summed E-state index contributed by atoms with van der Waals surface area (Å²) in [7, 11) is 0. The lowest BCUT2D eigenvalue weighted by atomic mass is 9.96. The number of rotatable bonds is 9. The van der Waals surface area contributed by atoms with Gasteiger partial charge in [-0.15, -0.1) is 0 Å². The summed E-state index contributed by atoms with van der Waals surface area (Å²) in [5, 5.41) is 7.56. The first-order valence-electron chi connectivity index (χ1n) is 7.75. The third-order valence-electron chi connectivity index (χ3n) is 4.08. The van der Waals surface area contributed by atoms with Crippen molar-refractivity contribution in [2.45, 2.75) is 71.9 Å². The molecule has 0 radical (unpaired) electrons. The van der Waals surface area contributed by atoms with Crippen LogP contribution < -0.4 is 5.32 Å². The van der Waals surface area contributed by atoms with Crippen molar-refractivity contribution in [2.24, 2.45) is 0 Å². The van der Waals surface area contributed by atoms with E-state index in [-0.39, 0.29) is 5.92 Å². The molecule has 0 aromatic carbocycles. The fourth-order valence-electron chi connectivity index (χ4n) is 2.43. The molecule has 1 aromatic heterocycles. The van der Waals surface area contributed by atoms with Crippen molar-refractivity contribution in [3.05, 3.63) is 11.7 Å². The van der Waals surface area contributed by atoms with Crippen molar-refractivity contribution in [3.63, 3.8) is 0 Å². The fraction of sp³-hybridized carbons (Fsp3) is 0.867. The highest BCUT2D eigenvalue weighted by Crippen LogP contribution is 2.32. The predicted octanol–water partition coefficient (Wildman–Crippen LogP) is 3.22. The van der Waals surface area contributed by atoms with Crippen molar-refractivity contribution in [1.29, 1.82) is 0 Å². The maximum Gasteiger partial charge on any atom is 0.231 e. The normalized spacial score (nSPS) is 15.3. The summed E-state index contributed by atoms with van der Waals surface area (Å²) >= 11 is 0. The first kappa shape index (κ1) is 17.1. The summed E-state index contributed by atoms with van der Waals surface area (Å²) in [4.78, 5) is 4.60. The molecule has 0 bridgehead atoms. The van der Waals surface area contributed by atoms with Crippen LogP contribution in [0.25, 0.3) is 0 Å². The zero-order chi connectivity index (χ0) is 15.2. The van der Waals surface area contributed by atoms with Gasteiger partial charge in [-0.1, -0.05) is 32.9 Å². The van der Waals surface area contributed by atoms with Crippen LogP contribution in [0.5, 0.6) is 0 Å². The molecule has 1 aromatic rings. The van der Waals surface area contributed by atoms with Gasteiger partial charge in [0.15, 0.2) is 0 Å². The summed E-state index contributed by atoms with van der Waals surface area (Å²) in [6, 6.07) is 0.304. The first-order chi connectivity index (χ1) is 9.54. The predicted molar refractivity (Wildman–Crippen MR) is 79.7 cm³/mol. The van der Waals surface area contributed by atoms with Gasteiger partial charge in [-0.25, -0.2) is 0 Å². The van der Waals surface area contributed by atoms with Crippen LogP contribution in [-0.2, 0) is 10.3 Å². The van der Waals surface area contributed by atoms with Crippen LogP contribution in [0.4, 0.5) is 0 Å². The summed E-state index contributed by atoms with van der Waals surface area (Å²) in [6.45, 7) is 14.1. The number of nitrogens with zero attached hydrogens (tertiary/aromatic N) is 2. The van der Waals surface area contributed by atoms with Gasteiger partial charge in [-0.2, -0.15) is 4.98 Å². The molecule has 1 rings (SSSR count). The van der Waals surface area contributed by atoms with Crippen LogP contribution in [0.3, 0.4) is 0 Å². The van der Waals surface area contributed by atoms with E-state index in [4.69, 9.17) is 9.26 Å². The molecular weight excluding hydrogens is 254 g/mol. The van der Waals surface area contributed by atoms with Gasteiger partial charge in [-0.3, -0.25) is 0 Å². The van der Waals surface area contributed by atoms with E-state index in [2.05, 4.69) is 50.1 Å². The van der Waals surface area contributed by atoms with Crippen molar-refractivity contribution >= 4 is 0 Å². The Morgan fingerprint density at radius 1 is 1.20 bits per heavy atom. The van der Waals surface area contributed by atoms with Gasteiger partial charge in [0, 0.05) is 12.6 Å². The molecule has 0 fully saturated rings. The van der Waals surface area contributed by atoms with Crippen molar-refractivity contribution in [3.8, 4) is 0 Å². The number of ether oxygens (including phenoxy) is 1. The summed E-state index contributed by atoms with van der Waals surface area (Å²) < 4.78 is 11.4. The van der Waals surface area contributed by atoms with Crippen LogP contribution in [0.1, 0.15) is 72.0 Å². The van der Waals surface area contributed by atoms with Gasteiger partial charge in [0.2, 0.25) is 11.7 Å². The molecule has 20 heavy (non-hydrogen) atoms. The molecule has 0 saturated carbocycles. The van der Waals surface area contributed by atoms with E-state index in [0.717, 1.165) is 19.4 Å². The molecule has 5 nitrogen and oxygen atoms in total. The second-order valence-electron chi connectivity index (χ2n) is 5.23. The van der Waals surface area contributed by atoms with Gasteiger partial charge in [0.05, 0.1) is 5.92 Å². The van der Waals surface area contributed by atoms with Crippen LogP contribution >= 0.6 is 0 Å². The SMILES string of the molecule is CCNC(C)C(C)c1nc(C(CC)(CC)OCC)no1. The largest absolute Gasteiger partial charge is 0.367 e. The van der Waals surface area contributed by atoms with E-state index in [9.17, 15) is 0 Å². The van der Waals surface area contributed by atoms with Gasteiger partial charge in [0.1, 0.15) is 5.60 Å². The highest BCUT2D eigenvalue weighted by atomic mass is 16.5. The third kappa shape index (κ3) is 3.58. The Bertz CT molecular complexity index is 388. The Morgan fingerprint density at radius 2 is 1.85 bits per heavy atom. The second-order valence-corrected chi connectivity index (χ2v) is 5.23. The Kier molecular flexibility index (Phi) is 6.62. The minimum absolute atomic E-state index is 0.184. The number of hydrogen-bond donors (Lipinski definition) is 1. The smallest absolute Gasteiger partial charge is 0.231 e. The molecule has 0 saturated heterocycles. The molecule has 0 aliphatic rings. The van der Waals surface area contributed by atoms with Crippen molar-refractivity contribution in [2.75, 3.05) is 13.2 Å². The molecule has 0 aliphatic carbocycles. The fourth-order valence-corrected chi connectivity index (χ4v) is 2.43. The van der Waals surface area contributed by atoms with Crippen LogP contribution in [0.2, 0.25) is 0 Å². The van der Waals surface area contributed by atoms with Gasteiger partial charge < -0.3 is 14.6 Å². The summed E-state index contributed by atoms with van der Waals surface area (Å²) in [5.41, 5.74) is -0.419. The lowest BCUT2D eigenvalue weighted by Gasteiger charge is -2.27. The lowest BCUT2D eigenvalue weighted by Crippen LogP contribution is -2.31. The third-order valence-corrected chi connectivity index (χ3v) is 4.08. The maximum absolute atomic E-state index is 5.91.